The van der Waals surface area contributed by atoms with Crippen LogP contribution >= 0.6 is 34.8 Å². The van der Waals surface area contributed by atoms with Crippen molar-refractivity contribution in [3.05, 3.63) is 43.6 Å². The summed E-state index contributed by atoms with van der Waals surface area (Å²) in [6, 6.07) is 3.17. The van der Waals surface area contributed by atoms with E-state index in [0.29, 0.717) is 17.7 Å². The number of nitrogens with zero attached hydrogens (tertiary/aromatic N) is 1. The zero-order valence-electron chi connectivity index (χ0n) is 11.8. The Morgan fingerprint density at radius 3 is 2.59 bits per heavy atom. The average Bonchev–Trinajstić information content (AvgIpc) is 2.46. The summed E-state index contributed by atoms with van der Waals surface area (Å²) in [6.07, 6.45) is 2.31. The van der Waals surface area contributed by atoms with Crippen LogP contribution in [0, 0.1) is 10.1 Å². The number of allylic oxidation sites excluding steroid dienone is 1. The number of benzene rings is 1. The molecule has 0 spiro atoms. The van der Waals surface area contributed by atoms with Crippen molar-refractivity contribution < 1.29 is 14.5 Å². The van der Waals surface area contributed by atoms with E-state index >= 15 is 0 Å². The number of halogens is 3. The molecule has 120 valence electrons. The first-order valence-electron chi connectivity index (χ1n) is 6.50. The summed E-state index contributed by atoms with van der Waals surface area (Å²) in [7, 11) is 0. The fourth-order valence-electron chi connectivity index (χ4n) is 1.63. The van der Waals surface area contributed by atoms with Crippen LogP contribution in [0.3, 0.4) is 0 Å². The van der Waals surface area contributed by atoms with Gasteiger partial charge >= 0.3 is 0 Å². The molecule has 0 N–H and O–H groups in total. The number of carbonyl (C=O) groups is 1. The summed E-state index contributed by atoms with van der Waals surface area (Å²) in [5, 5.41) is 10.7. The van der Waals surface area contributed by atoms with E-state index in [1.807, 2.05) is 0 Å². The number of carbonyl (C=O) groups excluding carboxylic acids is 1. The predicted molar refractivity (Wildman–Crippen MR) is 87.3 cm³/mol. The highest BCUT2D eigenvalue weighted by Gasteiger charge is 2.14. The molecule has 1 aromatic rings. The van der Waals surface area contributed by atoms with E-state index < -0.39 is 10.2 Å². The van der Waals surface area contributed by atoms with Gasteiger partial charge in [-0.1, -0.05) is 30.1 Å². The van der Waals surface area contributed by atoms with Crippen LogP contribution in [0.15, 0.2) is 17.8 Å². The standard InChI is InChI=1S/C14H14Cl3NO4/c1-2-10(18(20)21)8-9-5-6-11(14(17)13(9)16)22-7-3-4-12(15)19/h5-6,8H,2-4,7H2,1H3/b10-8+. The molecule has 1 aromatic carbocycles. The van der Waals surface area contributed by atoms with Crippen molar-refractivity contribution in [3.8, 4) is 5.75 Å². The largest absolute Gasteiger partial charge is 0.492 e. The summed E-state index contributed by atoms with van der Waals surface area (Å²) < 4.78 is 5.42. The molecular weight excluding hydrogens is 353 g/mol. The first-order chi connectivity index (χ1) is 10.4. The minimum Gasteiger partial charge on any atom is -0.492 e. The van der Waals surface area contributed by atoms with Crippen LogP contribution in [-0.2, 0) is 4.79 Å². The fraction of sp³-hybridized carbons (Fsp3) is 0.357. The van der Waals surface area contributed by atoms with Crippen molar-refractivity contribution in [2.75, 3.05) is 6.61 Å². The molecule has 0 aliphatic heterocycles. The third-order valence-electron chi connectivity index (χ3n) is 2.77. The lowest BCUT2D eigenvalue weighted by Crippen LogP contribution is -2.01. The Morgan fingerprint density at radius 1 is 1.36 bits per heavy atom. The monoisotopic (exact) mass is 365 g/mol. The summed E-state index contributed by atoms with van der Waals surface area (Å²) in [5.41, 5.74) is 0.482. The van der Waals surface area contributed by atoms with Crippen molar-refractivity contribution in [3.63, 3.8) is 0 Å². The summed E-state index contributed by atoms with van der Waals surface area (Å²) in [6.45, 7) is 1.94. The van der Waals surface area contributed by atoms with Crippen molar-refractivity contribution in [2.45, 2.75) is 26.2 Å². The topological polar surface area (TPSA) is 69.4 Å². The number of hydrogen-bond acceptors (Lipinski definition) is 4. The Hall–Kier alpha value is -1.30. The van der Waals surface area contributed by atoms with Crippen LogP contribution in [0.5, 0.6) is 5.75 Å². The Labute approximate surface area is 142 Å². The molecule has 8 heteroatoms. The summed E-state index contributed by atoms with van der Waals surface area (Å²) >= 11 is 17.4. The van der Waals surface area contributed by atoms with E-state index in [-0.39, 0.29) is 35.2 Å². The first kappa shape index (κ1) is 18.7. The van der Waals surface area contributed by atoms with Crippen LogP contribution in [0.2, 0.25) is 10.0 Å². The molecule has 0 radical (unpaired) electrons. The molecule has 0 saturated heterocycles. The molecule has 22 heavy (non-hydrogen) atoms. The Morgan fingerprint density at radius 2 is 2.05 bits per heavy atom. The molecule has 1 rings (SSSR count). The molecule has 0 aliphatic carbocycles. The van der Waals surface area contributed by atoms with E-state index in [2.05, 4.69) is 0 Å². The molecule has 0 saturated carbocycles. The van der Waals surface area contributed by atoms with Crippen LogP contribution in [0.1, 0.15) is 31.7 Å². The SMILES string of the molecule is CC/C(=C\c1ccc(OCCCC(=O)Cl)c(Cl)c1Cl)[N+](=O)[O-]. The summed E-state index contributed by atoms with van der Waals surface area (Å²) in [5.74, 6) is 0.352. The van der Waals surface area contributed by atoms with Gasteiger partial charge in [0.25, 0.3) is 0 Å². The third-order valence-corrected chi connectivity index (χ3v) is 3.84. The average molecular weight is 367 g/mol. The van der Waals surface area contributed by atoms with Crippen molar-refractivity contribution >= 4 is 46.1 Å². The minimum absolute atomic E-state index is 0.0345. The van der Waals surface area contributed by atoms with Gasteiger partial charge in [-0.3, -0.25) is 14.9 Å². The van der Waals surface area contributed by atoms with Gasteiger partial charge in [0.2, 0.25) is 10.9 Å². The first-order valence-corrected chi connectivity index (χ1v) is 7.64. The molecule has 0 heterocycles. The minimum atomic E-state index is -0.461. The van der Waals surface area contributed by atoms with Crippen LogP contribution in [0.4, 0.5) is 0 Å². The van der Waals surface area contributed by atoms with Gasteiger partial charge in [-0.2, -0.15) is 0 Å². The molecule has 0 aliphatic rings. The molecule has 0 fully saturated rings. The Bertz CT molecular complexity index is 602. The second-order valence-corrected chi connectivity index (χ2v) is 5.51. The van der Waals surface area contributed by atoms with Gasteiger partial charge in [-0.05, 0) is 30.2 Å². The predicted octanol–water partition coefficient (Wildman–Crippen LogP) is 4.95. The highest BCUT2D eigenvalue weighted by Crippen LogP contribution is 2.36. The van der Waals surface area contributed by atoms with E-state index in [1.54, 1.807) is 19.1 Å². The van der Waals surface area contributed by atoms with Crippen molar-refractivity contribution in [1.82, 2.24) is 0 Å². The second kappa shape index (κ2) is 8.98. The molecule has 0 unspecified atom stereocenters. The maximum Gasteiger partial charge on any atom is 0.246 e. The van der Waals surface area contributed by atoms with Crippen molar-refractivity contribution in [2.24, 2.45) is 0 Å². The van der Waals surface area contributed by atoms with Gasteiger partial charge in [0.15, 0.2) is 0 Å². The Balaban J connectivity index is 2.88. The molecule has 0 aromatic heterocycles. The number of hydrogen-bond donors (Lipinski definition) is 0. The van der Waals surface area contributed by atoms with E-state index in [9.17, 15) is 14.9 Å². The maximum absolute atomic E-state index is 10.8. The van der Waals surface area contributed by atoms with Crippen LogP contribution in [-0.4, -0.2) is 16.8 Å². The van der Waals surface area contributed by atoms with Gasteiger partial charge in [0.05, 0.1) is 16.6 Å². The van der Waals surface area contributed by atoms with Gasteiger partial charge in [-0.25, -0.2) is 0 Å². The lowest BCUT2D eigenvalue weighted by atomic mass is 10.1. The number of rotatable bonds is 8. The fourth-order valence-corrected chi connectivity index (χ4v) is 2.20. The maximum atomic E-state index is 10.8. The molecule has 0 amide bonds. The van der Waals surface area contributed by atoms with Gasteiger partial charge < -0.3 is 4.74 Å². The van der Waals surface area contributed by atoms with Crippen LogP contribution < -0.4 is 4.74 Å². The van der Waals surface area contributed by atoms with Gasteiger partial charge in [0, 0.05) is 24.5 Å². The zero-order chi connectivity index (χ0) is 16.7. The zero-order valence-corrected chi connectivity index (χ0v) is 14.0. The smallest absolute Gasteiger partial charge is 0.246 e. The lowest BCUT2D eigenvalue weighted by Gasteiger charge is -2.10. The molecule has 5 nitrogen and oxygen atoms in total. The second-order valence-electron chi connectivity index (χ2n) is 4.33. The van der Waals surface area contributed by atoms with Gasteiger partial charge in [0.1, 0.15) is 10.8 Å². The highest BCUT2D eigenvalue weighted by molar-refractivity contribution is 6.63. The van der Waals surface area contributed by atoms with Crippen LogP contribution in [0.25, 0.3) is 6.08 Å². The molecular formula is C14H14Cl3NO4. The third kappa shape index (κ3) is 5.48. The van der Waals surface area contributed by atoms with E-state index in [0.717, 1.165) is 0 Å². The van der Waals surface area contributed by atoms with Gasteiger partial charge in [-0.15, -0.1) is 0 Å². The normalized spacial score (nSPS) is 11.4. The van der Waals surface area contributed by atoms with E-state index in [4.69, 9.17) is 39.5 Å². The number of ether oxygens (including phenoxy) is 1. The summed E-state index contributed by atoms with van der Waals surface area (Å²) in [4.78, 5) is 21.0. The number of nitro groups is 1. The van der Waals surface area contributed by atoms with Crippen molar-refractivity contribution in [1.29, 1.82) is 0 Å². The van der Waals surface area contributed by atoms with E-state index in [1.165, 1.54) is 6.08 Å². The molecule has 0 atom stereocenters. The highest BCUT2D eigenvalue weighted by atomic mass is 35.5. The lowest BCUT2D eigenvalue weighted by molar-refractivity contribution is -0.425. The Kier molecular flexibility index (Phi) is 7.65. The quantitative estimate of drug-likeness (QED) is 0.283. The molecule has 0 bridgehead atoms.